The van der Waals surface area contributed by atoms with Gasteiger partial charge in [-0.05, 0) is 22.3 Å². The first-order chi connectivity index (χ1) is 7.94. The molecular formula is C11H13N3O3. The van der Waals surface area contributed by atoms with Crippen molar-refractivity contribution in [1.29, 1.82) is 0 Å². The predicted octanol–water partition coefficient (Wildman–Crippen LogP) is 2.38. The molecule has 1 aliphatic rings. The Morgan fingerprint density at radius 1 is 1.47 bits per heavy atom. The molecule has 0 aliphatic heterocycles. The summed E-state index contributed by atoms with van der Waals surface area (Å²) in [4.78, 5) is 10.6. The molecule has 0 spiro atoms. The zero-order valence-corrected chi connectivity index (χ0v) is 9.88. The van der Waals surface area contributed by atoms with E-state index in [1.165, 1.54) is 0 Å². The van der Waals surface area contributed by atoms with E-state index in [1.54, 1.807) is 12.2 Å². The van der Waals surface area contributed by atoms with Crippen LogP contribution >= 0.6 is 0 Å². The van der Waals surface area contributed by atoms with Crippen LogP contribution in [0.15, 0.2) is 16.8 Å². The highest BCUT2D eigenvalue weighted by Crippen LogP contribution is 2.37. The second-order valence-electron chi connectivity index (χ2n) is 4.64. The van der Waals surface area contributed by atoms with Crippen molar-refractivity contribution in [3.63, 3.8) is 0 Å². The molecule has 1 heterocycles. The van der Waals surface area contributed by atoms with Crippen LogP contribution in [0.25, 0.3) is 11.8 Å². The van der Waals surface area contributed by atoms with Crippen LogP contribution in [0.3, 0.4) is 0 Å². The standard InChI is InChI=1S/C11H13N3O3/c1-7(2)11(3)5-4-8-10(13-17-12-8)9(6-11)14(15)16/h4-7H,1-3H3. The number of rotatable bonds is 2. The first-order valence-electron chi connectivity index (χ1n) is 5.33. The van der Waals surface area contributed by atoms with Crippen molar-refractivity contribution in [1.82, 2.24) is 10.3 Å². The van der Waals surface area contributed by atoms with Gasteiger partial charge in [0.05, 0.1) is 4.92 Å². The zero-order chi connectivity index (χ0) is 12.6. The lowest BCUT2D eigenvalue weighted by molar-refractivity contribution is -0.376. The third-order valence-electron chi connectivity index (χ3n) is 3.25. The van der Waals surface area contributed by atoms with Crippen molar-refractivity contribution in [2.75, 3.05) is 0 Å². The molecule has 0 bridgehead atoms. The highest BCUT2D eigenvalue weighted by atomic mass is 16.6. The summed E-state index contributed by atoms with van der Waals surface area (Å²) in [6, 6.07) is 0. The van der Waals surface area contributed by atoms with E-state index in [2.05, 4.69) is 14.9 Å². The molecule has 0 amide bonds. The Bertz CT molecular complexity index is 516. The van der Waals surface area contributed by atoms with E-state index >= 15 is 0 Å². The summed E-state index contributed by atoms with van der Waals surface area (Å²) in [6.45, 7) is 5.97. The SMILES string of the molecule is CC(C)C1(C)C=Cc2nonc2C([N+](=O)[O-])=C1. The fourth-order valence-electron chi connectivity index (χ4n) is 1.65. The number of hydrogen-bond acceptors (Lipinski definition) is 5. The third-order valence-corrected chi connectivity index (χ3v) is 3.25. The number of aromatic nitrogens is 2. The van der Waals surface area contributed by atoms with Crippen molar-refractivity contribution < 1.29 is 9.55 Å². The second-order valence-corrected chi connectivity index (χ2v) is 4.64. The zero-order valence-electron chi connectivity index (χ0n) is 9.88. The molecule has 0 N–H and O–H groups in total. The average molecular weight is 235 g/mol. The minimum absolute atomic E-state index is 0.0533. The molecule has 2 rings (SSSR count). The molecular weight excluding hydrogens is 222 g/mol. The quantitative estimate of drug-likeness (QED) is 0.580. The number of nitrogens with zero attached hydrogens (tertiary/aromatic N) is 3. The Labute approximate surface area is 98.1 Å². The number of fused-ring (bicyclic) bond motifs is 1. The molecule has 1 aromatic heterocycles. The van der Waals surface area contributed by atoms with Crippen LogP contribution in [0.1, 0.15) is 32.2 Å². The number of hydrogen-bond donors (Lipinski definition) is 0. The van der Waals surface area contributed by atoms with Gasteiger partial charge >= 0.3 is 0 Å². The molecule has 6 nitrogen and oxygen atoms in total. The van der Waals surface area contributed by atoms with Gasteiger partial charge in [0.15, 0.2) is 0 Å². The lowest BCUT2D eigenvalue weighted by Gasteiger charge is -2.25. The van der Waals surface area contributed by atoms with Gasteiger partial charge < -0.3 is 0 Å². The van der Waals surface area contributed by atoms with Crippen molar-refractivity contribution in [3.05, 3.63) is 33.7 Å². The van der Waals surface area contributed by atoms with Gasteiger partial charge in [-0.15, -0.1) is 0 Å². The molecule has 1 atom stereocenters. The summed E-state index contributed by atoms with van der Waals surface area (Å²) >= 11 is 0. The normalized spacial score (nSPS) is 23.2. The van der Waals surface area contributed by atoms with E-state index < -0.39 is 10.3 Å². The minimum Gasteiger partial charge on any atom is -0.258 e. The van der Waals surface area contributed by atoms with E-state index in [1.807, 2.05) is 26.8 Å². The lowest BCUT2D eigenvalue weighted by Crippen LogP contribution is -2.18. The largest absolute Gasteiger partial charge is 0.297 e. The van der Waals surface area contributed by atoms with Crippen LogP contribution in [-0.2, 0) is 0 Å². The predicted molar refractivity (Wildman–Crippen MR) is 61.2 cm³/mol. The van der Waals surface area contributed by atoms with Crippen LogP contribution in [0.5, 0.6) is 0 Å². The Balaban J connectivity index is 2.62. The maximum atomic E-state index is 11.1. The fourth-order valence-corrected chi connectivity index (χ4v) is 1.65. The van der Waals surface area contributed by atoms with Gasteiger partial charge in [-0.25, -0.2) is 4.63 Å². The van der Waals surface area contributed by atoms with Gasteiger partial charge in [-0.2, -0.15) is 0 Å². The van der Waals surface area contributed by atoms with Crippen molar-refractivity contribution in [2.24, 2.45) is 11.3 Å². The van der Waals surface area contributed by atoms with Crippen LogP contribution in [0.2, 0.25) is 0 Å². The molecule has 1 unspecified atom stereocenters. The smallest absolute Gasteiger partial charge is 0.258 e. The maximum absolute atomic E-state index is 11.1. The van der Waals surface area contributed by atoms with Gasteiger partial charge in [-0.3, -0.25) is 10.1 Å². The number of nitro groups is 1. The van der Waals surface area contributed by atoms with Crippen molar-refractivity contribution in [3.8, 4) is 0 Å². The third kappa shape index (κ3) is 1.86. The lowest BCUT2D eigenvalue weighted by atomic mass is 9.78. The summed E-state index contributed by atoms with van der Waals surface area (Å²) in [5, 5.41) is 18.3. The molecule has 0 aromatic carbocycles. The van der Waals surface area contributed by atoms with Gasteiger partial charge in [0.2, 0.25) is 5.69 Å². The molecule has 1 aliphatic carbocycles. The van der Waals surface area contributed by atoms with E-state index in [4.69, 9.17) is 0 Å². The van der Waals surface area contributed by atoms with Crippen LogP contribution in [-0.4, -0.2) is 15.2 Å². The van der Waals surface area contributed by atoms with Crippen LogP contribution < -0.4 is 0 Å². The van der Waals surface area contributed by atoms with Gasteiger partial charge in [-0.1, -0.05) is 26.8 Å². The average Bonchev–Trinajstić information content (AvgIpc) is 2.65. The summed E-state index contributed by atoms with van der Waals surface area (Å²) in [5.41, 5.74) is 0.146. The van der Waals surface area contributed by atoms with Gasteiger partial charge in [0.25, 0.3) is 5.70 Å². The molecule has 17 heavy (non-hydrogen) atoms. The van der Waals surface area contributed by atoms with Crippen LogP contribution in [0, 0.1) is 21.4 Å². The summed E-state index contributed by atoms with van der Waals surface area (Å²) in [6.07, 6.45) is 5.24. The fraction of sp³-hybridized carbons (Fsp3) is 0.455. The van der Waals surface area contributed by atoms with Gasteiger partial charge in [0, 0.05) is 11.5 Å². The first kappa shape index (κ1) is 11.5. The molecule has 1 aromatic rings. The van der Waals surface area contributed by atoms with E-state index in [0.717, 1.165) is 0 Å². The van der Waals surface area contributed by atoms with Crippen molar-refractivity contribution in [2.45, 2.75) is 20.8 Å². The Morgan fingerprint density at radius 2 is 2.18 bits per heavy atom. The Kier molecular flexibility index (Phi) is 2.57. The molecule has 0 saturated heterocycles. The van der Waals surface area contributed by atoms with E-state index in [9.17, 15) is 10.1 Å². The number of allylic oxidation sites excluding steroid dienone is 2. The summed E-state index contributed by atoms with van der Waals surface area (Å²) in [5.74, 6) is 0.231. The van der Waals surface area contributed by atoms with E-state index in [0.29, 0.717) is 5.69 Å². The first-order valence-corrected chi connectivity index (χ1v) is 5.33. The van der Waals surface area contributed by atoms with Crippen molar-refractivity contribution >= 4 is 11.8 Å². The monoisotopic (exact) mass is 235 g/mol. The summed E-state index contributed by atoms with van der Waals surface area (Å²) in [7, 11) is 0. The summed E-state index contributed by atoms with van der Waals surface area (Å²) < 4.78 is 4.54. The van der Waals surface area contributed by atoms with Gasteiger partial charge in [0.1, 0.15) is 5.69 Å². The van der Waals surface area contributed by atoms with E-state index in [-0.39, 0.29) is 17.3 Å². The topological polar surface area (TPSA) is 82.1 Å². The minimum atomic E-state index is -0.448. The highest BCUT2D eigenvalue weighted by Gasteiger charge is 2.33. The molecule has 90 valence electrons. The maximum Gasteiger partial charge on any atom is 0.297 e. The molecule has 6 heteroatoms. The van der Waals surface area contributed by atoms with Crippen LogP contribution in [0.4, 0.5) is 0 Å². The molecule has 0 saturated carbocycles. The molecule has 0 fully saturated rings. The second kappa shape index (κ2) is 3.80. The Morgan fingerprint density at radius 3 is 2.76 bits per heavy atom. The Hall–Kier alpha value is -1.98. The molecule has 0 radical (unpaired) electrons. The highest BCUT2D eigenvalue weighted by molar-refractivity contribution is 5.68.